The molecule has 0 saturated heterocycles. The standard InChI is InChI=1S/C10H10ClF2NO3/c1-17-10-4(11)2-5(12)9(13)8(10)6(14)3-7(15)16/h2,6H,3,14H2,1H3,(H,15,16). The number of carboxylic acids is 1. The minimum absolute atomic E-state index is 0.153. The Kier molecular flexibility index (Phi) is 4.25. The van der Waals surface area contributed by atoms with E-state index < -0.39 is 30.1 Å². The normalized spacial score (nSPS) is 12.3. The molecule has 0 saturated carbocycles. The quantitative estimate of drug-likeness (QED) is 0.818. The molecule has 4 nitrogen and oxygen atoms in total. The van der Waals surface area contributed by atoms with E-state index in [1.165, 1.54) is 7.11 Å². The van der Waals surface area contributed by atoms with Gasteiger partial charge in [-0.25, -0.2) is 8.78 Å². The number of rotatable bonds is 4. The van der Waals surface area contributed by atoms with Gasteiger partial charge in [0.1, 0.15) is 5.75 Å². The van der Waals surface area contributed by atoms with Crippen LogP contribution in [-0.4, -0.2) is 18.2 Å². The molecule has 0 bridgehead atoms. The summed E-state index contributed by atoms with van der Waals surface area (Å²) < 4.78 is 31.5. The van der Waals surface area contributed by atoms with Crippen LogP contribution in [0.2, 0.25) is 5.02 Å². The van der Waals surface area contributed by atoms with Crippen LogP contribution >= 0.6 is 11.6 Å². The van der Waals surface area contributed by atoms with Gasteiger partial charge in [0, 0.05) is 6.04 Å². The molecule has 1 aromatic carbocycles. The fourth-order valence-electron chi connectivity index (χ4n) is 1.43. The van der Waals surface area contributed by atoms with Crippen LogP contribution in [0.5, 0.6) is 5.75 Å². The van der Waals surface area contributed by atoms with Gasteiger partial charge in [-0.2, -0.15) is 0 Å². The van der Waals surface area contributed by atoms with Gasteiger partial charge in [-0.3, -0.25) is 4.79 Å². The van der Waals surface area contributed by atoms with Crippen LogP contribution in [-0.2, 0) is 4.79 Å². The second kappa shape index (κ2) is 5.29. The zero-order chi connectivity index (χ0) is 13.2. The number of benzene rings is 1. The molecule has 0 aliphatic rings. The number of carbonyl (C=O) groups is 1. The molecule has 7 heteroatoms. The van der Waals surface area contributed by atoms with Crippen LogP contribution in [0.1, 0.15) is 18.0 Å². The van der Waals surface area contributed by atoms with Crippen molar-refractivity contribution in [3.63, 3.8) is 0 Å². The maximum Gasteiger partial charge on any atom is 0.305 e. The summed E-state index contributed by atoms with van der Waals surface area (Å²) in [6.07, 6.45) is -0.562. The monoisotopic (exact) mass is 265 g/mol. The van der Waals surface area contributed by atoms with Crippen molar-refractivity contribution in [3.8, 4) is 5.75 Å². The molecule has 1 rings (SSSR count). The van der Waals surface area contributed by atoms with Crippen LogP contribution in [0.3, 0.4) is 0 Å². The van der Waals surface area contributed by atoms with E-state index >= 15 is 0 Å². The first-order chi connectivity index (χ1) is 7.88. The van der Waals surface area contributed by atoms with Gasteiger partial charge in [0.15, 0.2) is 11.6 Å². The largest absolute Gasteiger partial charge is 0.495 e. The summed E-state index contributed by atoms with van der Waals surface area (Å²) in [6, 6.07) is -0.497. The highest BCUT2D eigenvalue weighted by molar-refractivity contribution is 6.32. The fourth-order valence-corrected chi connectivity index (χ4v) is 1.70. The Morgan fingerprint density at radius 1 is 1.65 bits per heavy atom. The third-order valence-electron chi connectivity index (χ3n) is 2.13. The van der Waals surface area contributed by atoms with Crippen molar-refractivity contribution >= 4 is 17.6 Å². The summed E-state index contributed by atoms with van der Waals surface area (Å²) in [6.45, 7) is 0. The van der Waals surface area contributed by atoms with Crippen molar-refractivity contribution in [1.82, 2.24) is 0 Å². The molecule has 0 aliphatic carbocycles. The maximum atomic E-state index is 13.5. The SMILES string of the molecule is COc1c(Cl)cc(F)c(F)c1C(N)CC(=O)O. The van der Waals surface area contributed by atoms with Crippen LogP contribution < -0.4 is 10.5 Å². The van der Waals surface area contributed by atoms with Gasteiger partial charge < -0.3 is 15.6 Å². The highest BCUT2D eigenvalue weighted by Gasteiger charge is 2.25. The van der Waals surface area contributed by atoms with E-state index in [1.807, 2.05) is 0 Å². The number of ether oxygens (including phenoxy) is 1. The molecule has 0 fully saturated rings. The van der Waals surface area contributed by atoms with Crippen LogP contribution in [0, 0.1) is 11.6 Å². The van der Waals surface area contributed by atoms with E-state index in [1.54, 1.807) is 0 Å². The van der Waals surface area contributed by atoms with Crippen LogP contribution in [0.25, 0.3) is 0 Å². The van der Waals surface area contributed by atoms with Crippen molar-refractivity contribution < 1.29 is 23.4 Å². The Morgan fingerprint density at radius 3 is 2.71 bits per heavy atom. The second-order valence-corrected chi connectivity index (χ2v) is 3.71. The number of carboxylic acid groups (broad SMARTS) is 1. The lowest BCUT2D eigenvalue weighted by Crippen LogP contribution is -2.18. The Bertz CT molecular complexity index is 454. The summed E-state index contributed by atoms with van der Waals surface area (Å²) in [5.41, 5.74) is 5.11. The molecular formula is C10H10ClF2NO3. The molecule has 17 heavy (non-hydrogen) atoms. The highest BCUT2D eigenvalue weighted by Crippen LogP contribution is 2.36. The van der Waals surface area contributed by atoms with Gasteiger partial charge in [0.25, 0.3) is 0 Å². The van der Waals surface area contributed by atoms with E-state index in [0.717, 1.165) is 6.07 Å². The average molecular weight is 266 g/mol. The third-order valence-corrected chi connectivity index (χ3v) is 2.41. The van der Waals surface area contributed by atoms with Gasteiger partial charge in [0.05, 0.1) is 24.1 Å². The summed E-state index contributed by atoms with van der Waals surface area (Å²) >= 11 is 5.65. The first-order valence-corrected chi connectivity index (χ1v) is 4.95. The fraction of sp³-hybridized carbons (Fsp3) is 0.300. The van der Waals surface area contributed by atoms with Crippen LogP contribution in [0.15, 0.2) is 6.07 Å². The molecule has 3 N–H and O–H groups in total. The van der Waals surface area contributed by atoms with E-state index in [2.05, 4.69) is 0 Å². The zero-order valence-corrected chi connectivity index (χ0v) is 9.59. The van der Waals surface area contributed by atoms with E-state index in [-0.39, 0.29) is 16.3 Å². The highest BCUT2D eigenvalue weighted by atomic mass is 35.5. The average Bonchev–Trinajstić information content (AvgIpc) is 2.21. The molecule has 0 aliphatic heterocycles. The van der Waals surface area contributed by atoms with Gasteiger partial charge in [-0.15, -0.1) is 0 Å². The Morgan fingerprint density at radius 2 is 2.24 bits per heavy atom. The van der Waals surface area contributed by atoms with Gasteiger partial charge in [0.2, 0.25) is 0 Å². The number of nitrogens with two attached hydrogens (primary N) is 1. The lowest BCUT2D eigenvalue weighted by Gasteiger charge is -2.16. The molecule has 0 heterocycles. The number of methoxy groups -OCH3 is 1. The minimum Gasteiger partial charge on any atom is -0.495 e. The first kappa shape index (κ1) is 13.7. The summed E-state index contributed by atoms with van der Waals surface area (Å²) in [5.74, 6) is -3.84. The number of hydrogen-bond acceptors (Lipinski definition) is 3. The van der Waals surface area contributed by atoms with E-state index in [0.29, 0.717) is 0 Å². The van der Waals surface area contributed by atoms with Crippen molar-refractivity contribution in [2.75, 3.05) is 7.11 Å². The maximum absolute atomic E-state index is 13.5. The summed E-state index contributed by atoms with van der Waals surface area (Å²) in [7, 11) is 1.20. The Balaban J connectivity index is 3.33. The molecule has 0 aromatic heterocycles. The van der Waals surface area contributed by atoms with E-state index in [9.17, 15) is 13.6 Å². The van der Waals surface area contributed by atoms with Crippen molar-refractivity contribution in [2.45, 2.75) is 12.5 Å². The van der Waals surface area contributed by atoms with Gasteiger partial charge in [-0.1, -0.05) is 11.6 Å². The smallest absolute Gasteiger partial charge is 0.305 e. The van der Waals surface area contributed by atoms with E-state index in [4.69, 9.17) is 27.2 Å². The molecule has 0 amide bonds. The topological polar surface area (TPSA) is 72.5 Å². The van der Waals surface area contributed by atoms with Crippen LogP contribution in [0.4, 0.5) is 8.78 Å². The van der Waals surface area contributed by atoms with Crippen molar-refractivity contribution in [1.29, 1.82) is 0 Å². The Hall–Kier alpha value is -1.40. The lowest BCUT2D eigenvalue weighted by atomic mass is 10.0. The third kappa shape index (κ3) is 2.83. The van der Waals surface area contributed by atoms with Gasteiger partial charge in [-0.05, 0) is 6.07 Å². The predicted molar refractivity (Wildman–Crippen MR) is 57.1 cm³/mol. The minimum atomic E-state index is -1.25. The number of aliphatic carboxylic acids is 1. The molecule has 94 valence electrons. The van der Waals surface area contributed by atoms with Crippen molar-refractivity contribution in [3.05, 3.63) is 28.3 Å². The molecule has 1 aromatic rings. The zero-order valence-electron chi connectivity index (χ0n) is 8.84. The molecule has 1 unspecified atom stereocenters. The second-order valence-electron chi connectivity index (χ2n) is 3.31. The Labute approximate surface area is 101 Å². The summed E-state index contributed by atoms with van der Waals surface area (Å²) in [5, 5.41) is 8.40. The molecule has 0 spiro atoms. The molecule has 1 atom stereocenters. The van der Waals surface area contributed by atoms with Gasteiger partial charge >= 0.3 is 5.97 Å². The molecule has 0 radical (unpaired) electrons. The predicted octanol–water partition coefficient (Wildman–Crippen LogP) is 2.10. The lowest BCUT2D eigenvalue weighted by molar-refractivity contribution is -0.137. The number of hydrogen-bond donors (Lipinski definition) is 2. The van der Waals surface area contributed by atoms with Crippen molar-refractivity contribution in [2.24, 2.45) is 5.73 Å². The number of halogens is 3. The summed E-state index contributed by atoms with van der Waals surface area (Å²) in [4.78, 5) is 10.5. The molecular weight excluding hydrogens is 256 g/mol. The first-order valence-electron chi connectivity index (χ1n) is 4.57.